The molecule has 1 aromatic rings. The second-order valence-corrected chi connectivity index (χ2v) is 5.65. The summed E-state index contributed by atoms with van der Waals surface area (Å²) in [4.78, 5) is 13.8. The SMILES string of the molecule is CCN(CC1CCCCN1)c1ccc(Cl)cc1C(N)=O. The third-order valence-corrected chi connectivity index (χ3v) is 4.03. The number of nitrogens with two attached hydrogens (primary N) is 1. The first-order chi connectivity index (χ1) is 9.61. The number of primary amides is 1. The molecule has 1 aromatic carbocycles. The largest absolute Gasteiger partial charge is 0.370 e. The van der Waals surface area contributed by atoms with Gasteiger partial charge >= 0.3 is 0 Å². The number of nitrogens with zero attached hydrogens (tertiary/aromatic N) is 1. The van der Waals surface area contributed by atoms with Crippen LogP contribution in [0.1, 0.15) is 36.5 Å². The molecular weight excluding hydrogens is 274 g/mol. The van der Waals surface area contributed by atoms with Gasteiger partial charge in [0.1, 0.15) is 0 Å². The first-order valence-corrected chi connectivity index (χ1v) is 7.57. The number of carbonyl (C=O) groups excluding carboxylic acids is 1. The second-order valence-electron chi connectivity index (χ2n) is 5.21. The van der Waals surface area contributed by atoms with Crippen LogP contribution < -0.4 is 16.0 Å². The lowest BCUT2D eigenvalue weighted by Gasteiger charge is -2.32. The lowest BCUT2D eigenvalue weighted by Crippen LogP contribution is -2.44. The van der Waals surface area contributed by atoms with Crippen molar-refractivity contribution in [3.63, 3.8) is 0 Å². The van der Waals surface area contributed by atoms with Crippen LogP contribution in [-0.2, 0) is 0 Å². The molecule has 5 heteroatoms. The summed E-state index contributed by atoms with van der Waals surface area (Å²) in [6.07, 6.45) is 3.69. The van der Waals surface area contributed by atoms with E-state index in [0.717, 1.165) is 25.3 Å². The van der Waals surface area contributed by atoms with Gasteiger partial charge < -0.3 is 16.0 Å². The van der Waals surface area contributed by atoms with Crippen LogP contribution in [0.15, 0.2) is 18.2 Å². The van der Waals surface area contributed by atoms with Crippen LogP contribution in [0.3, 0.4) is 0 Å². The fourth-order valence-corrected chi connectivity index (χ4v) is 2.90. The third-order valence-electron chi connectivity index (χ3n) is 3.80. The predicted octanol–water partition coefficient (Wildman–Crippen LogP) is 2.41. The van der Waals surface area contributed by atoms with Gasteiger partial charge in [-0.05, 0) is 44.5 Å². The molecule has 1 heterocycles. The molecule has 1 saturated heterocycles. The average Bonchev–Trinajstić information content (AvgIpc) is 2.46. The molecule has 2 rings (SSSR count). The number of halogens is 1. The summed E-state index contributed by atoms with van der Waals surface area (Å²) in [6, 6.07) is 5.81. The van der Waals surface area contributed by atoms with Gasteiger partial charge in [-0.3, -0.25) is 4.79 Å². The van der Waals surface area contributed by atoms with Crippen molar-refractivity contribution in [2.45, 2.75) is 32.2 Å². The van der Waals surface area contributed by atoms with Crippen molar-refractivity contribution in [2.24, 2.45) is 5.73 Å². The minimum Gasteiger partial charge on any atom is -0.370 e. The lowest BCUT2D eigenvalue weighted by molar-refractivity contribution is 0.100. The minimum absolute atomic E-state index is 0.433. The molecule has 1 unspecified atom stereocenters. The molecule has 0 spiro atoms. The van der Waals surface area contributed by atoms with Crippen molar-refractivity contribution in [3.8, 4) is 0 Å². The van der Waals surface area contributed by atoms with Gasteiger partial charge in [-0.1, -0.05) is 18.0 Å². The molecule has 110 valence electrons. The molecule has 20 heavy (non-hydrogen) atoms. The van der Waals surface area contributed by atoms with Gasteiger partial charge in [0.05, 0.1) is 5.56 Å². The van der Waals surface area contributed by atoms with Crippen LogP contribution in [0.2, 0.25) is 5.02 Å². The molecule has 3 N–H and O–H groups in total. The maximum Gasteiger partial charge on any atom is 0.250 e. The summed E-state index contributed by atoms with van der Waals surface area (Å²) in [5.74, 6) is -0.433. The lowest BCUT2D eigenvalue weighted by atomic mass is 10.0. The topological polar surface area (TPSA) is 58.4 Å². The van der Waals surface area contributed by atoms with E-state index in [-0.39, 0.29) is 0 Å². The molecular formula is C15H22ClN3O. The Morgan fingerprint density at radius 1 is 1.50 bits per heavy atom. The average molecular weight is 296 g/mol. The number of anilines is 1. The van der Waals surface area contributed by atoms with E-state index >= 15 is 0 Å². The zero-order valence-electron chi connectivity index (χ0n) is 11.9. The molecule has 1 aliphatic rings. The van der Waals surface area contributed by atoms with E-state index in [0.29, 0.717) is 16.6 Å². The smallest absolute Gasteiger partial charge is 0.250 e. The number of likely N-dealkylation sites (N-methyl/N-ethyl adjacent to an activating group) is 1. The maximum absolute atomic E-state index is 11.6. The predicted molar refractivity (Wildman–Crippen MR) is 83.5 cm³/mol. The van der Waals surface area contributed by atoms with E-state index in [1.54, 1.807) is 12.1 Å². The molecule has 0 bridgehead atoms. The highest BCUT2D eigenvalue weighted by Crippen LogP contribution is 2.25. The molecule has 0 aliphatic carbocycles. The van der Waals surface area contributed by atoms with E-state index in [4.69, 9.17) is 17.3 Å². The van der Waals surface area contributed by atoms with Crippen molar-refractivity contribution in [3.05, 3.63) is 28.8 Å². The van der Waals surface area contributed by atoms with E-state index in [9.17, 15) is 4.79 Å². The van der Waals surface area contributed by atoms with Crippen molar-refractivity contribution < 1.29 is 4.79 Å². The van der Waals surface area contributed by atoms with E-state index < -0.39 is 5.91 Å². The maximum atomic E-state index is 11.6. The molecule has 1 amide bonds. The summed E-state index contributed by atoms with van der Waals surface area (Å²) in [7, 11) is 0. The first-order valence-electron chi connectivity index (χ1n) is 7.19. The molecule has 0 saturated carbocycles. The zero-order valence-corrected chi connectivity index (χ0v) is 12.6. The Bertz CT molecular complexity index is 472. The van der Waals surface area contributed by atoms with Crippen LogP contribution in [-0.4, -0.2) is 31.6 Å². The Labute approximate surface area is 125 Å². The Balaban J connectivity index is 2.19. The number of hydrogen-bond acceptors (Lipinski definition) is 3. The normalized spacial score (nSPS) is 18.8. The molecule has 1 fully saturated rings. The number of piperidine rings is 1. The summed E-state index contributed by atoms with van der Waals surface area (Å²) in [5.41, 5.74) is 6.84. The Hall–Kier alpha value is -1.26. The summed E-state index contributed by atoms with van der Waals surface area (Å²) < 4.78 is 0. The van der Waals surface area contributed by atoms with Crippen LogP contribution in [0.25, 0.3) is 0 Å². The van der Waals surface area contributed by atoms with Crippen LogP contribution >= 0.6 is 11.6 Å². The first kappa shape index (κ1) is 15.1. The van der Waals surface area contributed by atoms with Gasteiger partial charge in [0.25, 0.3) is 5.91 Å². The number of nitrogens with one attached hydrogen (secondary N) is 1. The molecule has 1 atom stereocenters. The minimum atomic E-state index is -0.433. The van der Waals surface area contributed by atoms with Gasteiger partial charge in [0, 0.05) is 29.8 Å². The van der Waals surface area contributed by atoms with Crippen molar-refractivity contribution in [2.75, 3.05) is 24.5 Å². The van der Waals surface area contributed by atoms with E-state index in [1.807, 2.05) is 6.07 Å². The van der Waals surface area contributed by atoms with Gasteiger partial charge in [0.2, 0.25) is 0 Å². The highest BCUT2D eigenvalue weighted by molar-refractivity contribution is 6.31. The fraction of sp³-hybridized carbons (Fsp3) is 0.533. The summed E-state index contributed by atoms with van der Waals surface area (Å²) >= 11 is 5.96. The summed E-state index contributed by atoms with van der Waals surface area (Å²) in [5, 5.41) is 4.07. The van der Waals surface area contributed by atoms with Crippen molar-refractivity contribution in [1.29, 1.82) is 0 Å². The van der Waals surface area contributed by atoms with Crippen molar-refractivity contribution in [1.82, 2.24) is 5.32 Å². The quantitative estimate of drug-likeness (QED) is 0.877. The van der Waals surface area contributed by atoms with Crippen LogP contribution in [0.5, 0.6) is 0 Å². The fourth-order valence-electron chi connectivity index (χ4n) is 2.73. The summed E-state index contributed by atoms with van der Waals surface area (Å²) in [6.45, 7) is 4.88. The van der Waals surface area contributed by atoms with E-state index in [1.165, 1.54) is 19.3 Å². The van der Waals surface area contributed by atoms with E-state index in [2.05, 4.69) is 17.1 Å². The van der Waals surface area contributed by atoms with Gasteiger partial charge in [-0.25, -0.2) is 0 Å². The molecule has 0 radical (unpaired) electrons. The number of benzene rings is 1. The standard InChI is InChI=1S/C15H22ClN3O/c1-2-19(10-12-5-3-4-8-18-12)14-7-6-11(16)9-13(14)15(17)20/h6-7,9,12,18H,2-5,8,10H2,1H3,(H2,17,20). The van der Waals surface area contributed by atoms with Gasteiger partial charge in [0.15, 0.2) is 0 Å². The van der Waals surface area contributed by atoms with Gasteiger partial charge in [-0.15, -0.1) is 0 Å². The van der Waals surface area contributed by atoms with Crippen molar-refractivity contribution >= 4 is 23.2 Å². The molecule has 1 aliphatic heterocycles. The van der Waals surface area contributed by atoms with Gasteiger partial charge in [-0.2, -0.15) is 0 Å². The Kier molecular flexibility index (Phi) is 5.26. The third kappa shape index (κ3) is 3.64. The Morgan fingerprint density at radius 3 is 2.90 bits per heavy atom. The van der Waals surface area contributed by atoms with Crippen LogP contribution in [0, 0.1) is 0 Å². The number of rotatable bonds is 5. The Morgan fingerprint density at radius 2 is 2.30 bits per heavy atom. The monoisotopic (exact) mass is 295 g/mol. The number of carbonyl (C=O) groups is 1. The molecule has 4 nitrogen and oxygen atoms in total. The highest BCUT2D eigenvalue weighted by atomic mass is 35.5. The number of amides is 1. The highest BCUT2D eigenvalue weighted by Gasteiger charge is 2.19. The van der Waals surface area contributed by atoms with Crippen LogP contribution in [0.4, 0.5) is 5.69 Å². The second kappa shape index (κ2) is 6.95. The molecule has 0 aromatic heterocycles. The zero-order chi connectivity index (χ0) is 14.5. The number of hydrogen-bond donors (Lipinski definition) is 2.